The zero-order chi connectivity index (χ0) is 18.6. The van der Waals surface area contributed by atoms with Crippen LogP contribution in [0.2, 0.25) is 0 Å². The second-order valence-electron chi connectivity index (χ2n) is 5.53. The molecule has 0 radical (unpaired) electrons. The van der Waals surface area contributed by atoms with E-state index in [1.54, 1.807) is 0 Å². The minimum Gasteiger partial charge on any atom is -0.480 e. The van der Waals surface area contributed by atoms with Crippen molar-refractivity contribution < 1.29 is 24.4 Å². The van der Waals surface area contributed by atoms with Crippen molar-refractivity contribution in [3.8, 4) is 0 Å². The molecule has 1 aromatic rings. The van der Waals surface area contributed by atoms with Crippen LogP contribution in [0.1, 0.15) is 29.6 Å². The molecule has 10 heteroatoms. The van der Waals surface area contributed by atoms with E-state index in [2.05, 4.69) is 0 Å². The molecule has 1 aromatic carbocycles. The van der Waals surface area contributed by atoms with Crippen LogP contribution in [0.15, 0.2) is 23.1 Å². The fraction of sp³-hybridized carbons (Fsp3) is 0.400. The summed E-state index contributed by atoms with van der Waals surface area (Å²) in [6.07, 6.45) is 1.88. The minimum absolute atomic E-state index is 0.00403. The number of nitrogens with zero attached hydrogens (tertiary/aromatic N) is 2. The number of nitro groups is 1. The van der Waals surface area contributed by atoms with Crippen LogP contribution in [0.4, 0.5) is 5.69 Å². The molecule has 1 heterocycles. The summed E-state index contributed by atoms with van der Waals surface area (Å²) in [7, 11) is 0. The van der Waals surface area contributed by atoms with Gasteiger partial charge < -0.3 is 15.7 Å². The molecule has 0 unspecified atom stereocenters. The van der Waals surface area contributed by atoms with Gasteiger partial charge in [-0.2, -0.15) is 0 Å². The van der Waals surface area contributed by atoms with Gasteiger partial charge in [0.15, 0.2) is 0 Å². The van der Waals surface area contributed by atoms with Gasteiger partial charge in [-0.1, -0.05) is 0 Å². The fourth-order valence-corrected chi connectivity index (χ4v) is 3.53. The SMILES string of the molecule is NC(=O)c1ccc(SCC(=O)N2CCCC[C@@H]2C(=O)O)c([N+](=O)[O-])c1. The van der Waals surface area contributed by atoms with Crippen molar-refractivity contribution >= 4 is 35.2 Å². The molecule has 0 aliphatic carbocycles. The zero-order valence-corrected chi connectivity index (χ0v) is 14.0. The van der Waals surface area contributed by atoms with E-state index in [-0.39, 0.29) is 27.8 Å². The van der Waals surface area contributed by atoms with Gasteiger partial charge in [-0.15, -0.1) is 11.8 Å². The van der Waals surface area contributed by atoms with Crippen LogP contribution in [-0.4, -0.2) is 51.1 Å². The summed E-state index contributed by atoms with van der Waals surface area (Å²) >= 11 is 0.933. The largest absolute Gasteiger partial charge is 0.480 e. The molecule has 0 bridgehead atoms. The molecule has 0 saturated carbocycles. The van der Waals surface area contributed by atoms with Crippen molar-refractivity contribution in [3.63, 3.8) is 0 Å². The number of hydrogen-bond acceptors (Lipinski definition) is 6. The van der Waals surface area contributed by atoms with Gasteiger partial charge in [0.05, 0.1) is 15.6 Å². The number of amides is 2. The monoisotopic (exact) mass is 367 g/mol. The van der Waals surface area contributed by atoms with E-state index in [1.807, 2.05) is 0 Å². The summed E-state index contributed by atoms with van der Waals surface area (Å²) in [5, 5.41) is 20.4. The van der Waals surface area contributed by atoms with Gasteiger partial charge in [0.25, 0.3) is 5.69 Å². The Labute approximate surface area is 147 Å². The lowest BCUT2D eigenvalue weighted by Gasteiger charge is -2.32. The van der Waals surface area contributed by atoms with E-state index in [1.165, 1.54) is 17.0 Å². The Balaban J connectivity index is 2.12. The van der Waals surface area contributed by atoms with Crippen LogP contribution in [-0.2, 0) is 9.59 Å². The standard InChI is InChI=1S/C15H17N3O6S/c16-14(20)9-4-5-12(11(7-9)18(23)24)25-8-13(19)17-6-2-1-3-10(17)15(21)22/h4-5,7,10H,1-3,6,8H2,(H2,16,20)(H,21,22)/t10-/m1/s1. The quantitative estimate of drug-likeness (QED) is 0.437. The summed E-state index contributed by atoms with van der Waals surface area (Å²) in [5.74, 6) is -2.34. The highest BCUT2D eigenvalue weighted by atomic mass is 32.2. The Hall–Kier alpha value is -2.62. The van der Waals surface area contributed by atoms with Crippen LogP contribution in [0.25, 0.3) is 0 Å². The van der Waals surface area contributed by atoms with Gasteiger partial charge in [0.1, 0.15) is 6.04 Å². The van der Waals surface area contributed by atoms with Gasteiger partial charge in [-0.25, -0.2) is 4.79 Å². The number of carboxylic acids is 1. The number of nitro benzene ring substituents is 1. The summed E-state index contributed by atoms with van der Waals surface area (Å²) in [5.41, 5.74) is 4.80. The number of nitrogens with two attached hydrogens (primary N) is 1. The van der Waals surface area contributed by atoms with Crippen LogP contribution in [0.3, 0.4) is 0 Å². The van der Waals surface area contributed by atoms with Crippen LogP contribution >= 0.6 is 11.8 Å². The van der Waals surface area contributed by atoms with Gasteiger partial charge >= 0.3 is 5.97 Å². The third-order valence-electron chi connectivity index (χ3n) is 3.90. The summed E-state index contributed by atoms with van der Waals surface area (Å²) in [6, 6.07) is 2.93. The summed E-state index contributed by atoms with van der Waals surface area (Å²) < 4.78 is 0. The molecule has 3 N–H and O–H groups in total. The lowest BCUT2D eigenvalue weighted by molar-refractivity contribution is -0.387. The molecule has 2 amide bonds. The molecule has 1 saturated heterocycles. The molecule has 25 heavy (non-hydrogen) atoms. The smallest absolute Gasteiger partial charge is 0.326 e. The van der Waals surface area contributed by atoms with Crippen molar-refractivity contribution in [2.45, 2.75) is 30.2 Å². The molecular formula is C15H17N3O6S. The first kappa shape index (κ1) is 18.7. The molecule has 2 rings (SSSR count). The van der Waals surface area contributed by atoms with E-state index in [0.717, 1.165) is 30.7 Å². The van der Waals surface area contributed by atoms with E-state index in [9.17, 15) is 29.6 Å². The first-order valence-corrected chi connectivity index (χ1v) is 8.53. The maximum Gasteiger partial charge on any atom is 0.326 e. The van der Waals surface area contributed by atoms with Crippen molar-refractivity contribution in [1.29, 1.82) is 0 Å². The first-order valence-electron chi connectivity index (χ1n) is 7.54. The van der Waals surface area contributed by atoms with E-state index in [4.69, 9.17) is 5.73 Å². The second kappa shape index (κ2) is 7.97. The Kier molecular flexibility index (Phi) is 5.97. The lowest BCUT2D eigenvalue weighted by atomic mass is 10.0. The number of thioether (sulfide) groups is 1. The maximum absolute atomic E-state index is 12.3. The highest BCUT2D eigenvalue weighted by Gasteiger charge is 2.32. The summed E-state index contributed by atoms with van der Waals surface area (Å²) in [4.78, 5) is 46.8. The number of primary amides is 1. The average Bonchev–Trinajstić information content (AvgIpc) is 2.59. The van der Waals surface area contributed by atoms with Crippen molar-refractivity contribution in [3.05, 3.63) is 33.9 Å². The molecule has 1 atom stereocenters. The molecular weight excluding hydrogens is 350 g/mol. The molecule has 9 nitrogen and oxygen atoms in total. The number of rotatable bonds is 6. The van der Waals surface area contributed by atoms with Crippen molar-refractivity contribution in [2.24, 2.45) is 5.73 Å². The number of piperidine rings is 1. The predicted octanol–water partition coefficient (Wildman–Crippen LogP) is 1.25. The predicted molar refractivity (Wildman–Crippen MR) is 89.3 cm³/mol. The molecule has 1 aliphatic heterocycles. The van der Waals surface area contributed by atoms with Crippen molar-refractivity contribution in [1.82, 2.24) is 4.90 Å². The average molecular weight is 367 g/mol. The van der Waals surface area contributed by atoms with Gasteiger partial charge in [0, 0.05) is 18.2 Å². The first-order chi connectivity index (χ1) is 11.8. The van der Waals surface area contributed by atoms with Gasteiger partial charge in [-0.05, 0) is 31.4 Å². The zero-order valence-electron chi connectivity index (χ0n) is 13.2. The van der Waals surface area contributed by atoms with Gasteiger partial charge in [-0.3, -0.25) is 19.7 Å². The topological polar surface area (TPSA) is 144 Å². The van der Waals surface area contributed by atoms with Crippen LogP contribution in [0.5, 0.6) is 0 Å². The third kappa shape index (κ3) is 4.47. The maximum atomic E-state index is 12.3. The van der Waals surface area contributed by atoms with Crippen molar-refractivity contribution in [2.75, 3.05) is 12.3 Å². The normalized spacial score (nSPS) is 17.1. The van der Waals surface area contributed by atoms with E-state index in [0.29, 0.717) is 13.0 Å². The third-order valence-corrected chi connectivity index (χ3v) is 4.95. The Morgan fingerprint density at radius 1 is 1.36 bits per heavy atom. The number of aliphatic carboxylic acids is 1. The lowest BCUT2D eigenvalue weighted by Crippen LogP contribution is -2.48. The van der Waals surface area contributed by atoms with E-state index < -0.39 is 22.8 Å². The molecule has 0 aromatic heterocycles. The van der Waals surface area contributed by atoms with E-state index >= 15 is 0 Å². The number of carbonyl (C=O) groups excluding carboxylic acids is 2. The van der Waals surface area contributed by atoms with Crippen LogP contribution < -0.4 is 5.73 Å². The highest BCUT2D eigenvalue weighted by Crippen LogP contribution is 2.31. The molecule has 134 valence electrons. The second-order valence-corrected chi connectivity index (χ2v) is 6.55. The van der Waals surface area contributed by atoms with Gasteiger partial charge in [0.2, 0.25) is 11.8 Å². The molecule has 0 spiro atoms. The highest BCUT2D eigenvalue weighted by molar-refractivity contribution is 8.00. The molecule has 1 fully saturated rings. The number of carbonyl (C=O) groups is 3. The van der Waals surface area contributed by atoms with Crippen LogP contribution in [0, 0.1) is 10.1 Å². The fourth-order valence-electron chi connectivity index (χ4n) is 2.64. The number of benzene rings is 1. The Morgan fingerprint density at radius 3 is 2.68 bits per heavy atom. The number of likely N-dealkylation sites (tertiary alicyclic amines) is 1. The Morgan fingerprint density at radius 2 is 2.08 bits per heavy atom. The number of carboxylic acid groups (broad SMARTS) is 1. The minimum atomic E-state index is -1.05. The Bertz CT molecular complexity index is 723. The summed E-state index contributed by atoms with van der Waals surface area (Å²) in [6.45, 7) is 0.360. The molecule has 1 aliphatic rings. The number of hydrogen-bond donors (Lipinski definition) is 2.